The Morgan fingerprint density at radius 3 is 3.12 bits per heavy atom. The normalized spacial score (nSPS) is 29.5. The molecule has 0 amide bonds. The molecule has 0 bridgehead atoms. The van der Waals surface area contributed by atoms with Crippen LogP contribution in [0.5, 0.6) is 0 Å². The fourth-order valence-corrected chi connectivity index (χ4v) is 2.38. The predicted molar refractivity (Wildman–Crippen MR) is 65.6 cm³/mol. The first kappa shape index (κ1) is 11.2. The molecule has 4 nitrogen and oxygen atoms in total. The van der Waals surface area contributed by atoms with Crippen molar-refractivity contribution < 1.29 is 4.74 Å². The highest BCUT2D eigenvalue weighted by Crippen LogP contribution is 2.32. The molecule has 1 aliphatic heterocycles. The summed E-state index contributed by atoms with van der Waals surface area (Å²) in [6.07, 6.45) is 8.05. The van der Waals surface area contributed by atoms with Gasteiger partial charge in [-0.2, -0.15) is 0 Å². The standard InChI is InChI=1S/C13H21N3O/c1-13(6-2-3-7-17-13)12-15-9-11(16-12)8-14-10-4-5-10/h9-10,14H,2-8H2,1H3,(H,15,16). The van der Waals surface area contributed by atoms with Crippen molar-refractivity contribution >= 4 is 0 Å². The summed E-state index contributed by atoms with van der Waals surface area (Å²) < 4.78 is 5.89. The number of aromatic amines is 1. The van der Waals surface area contributed by atoms with Gasteiger partial charge in [-0.15, -0.1) is 0 Å². The van der Waals surface area contributed by atoms with E-state index in [9.17, 15) is 0 Å². The maximum absolute atomic E-state index is 5.89. The van der Waals surface area contributed by atoms with Crippen molar-refractivity contribution in [3.8, 4) is 0 Å². The highest BCUT2D eigenvalue weighted by molar-refractivity contribution is 5.09. The van der Waals surface area contributed by atoms with Gasteiger partial charge in [-0.25, -0.2) is 4.98 Å². The van der Waals surface area contributed by atoms with E-state index in [0.717, 1.165) is 31.4 Å². The Hall–Kier alpha value is -0.870. The van der Waals surface area contributed by atoms with Crippen molar-refractivity contribution in [1.29, 1.82) is 0 Å². The van der Waals surface area contributed by atoms with E-state index >= 15 is 0 Å². The third kappa shape index (κ3) is 2.53. The van der Waals surface area contributed by atoms with E-state index in [1.54, 1.807) is 0 Å². The minimum absolute atomic E-state index is 0.198. The lowest BCUT2D eigenvalue weighted by molar-refractivity contribution is -0.0756. The minimum Gasteiger partial charge on any atom is -0.367 e. The number of nitrogens with zero attached hydrogens (tertiary/aromatic N) is 1. The molecular formula is C13H21N3O. The van der Waals surface area contributed by atoms with Gasteiger partial charge in [-0.3, -0.25) is 0 Å². The molecule has 2 N–H and O–H groups in total. The highest BCUT2D eigenvalue weighted by Gasteiger charge is 2.32. The largest absolute Gasteiger partial charge is 0.367 e. The number of ether oxygens (including phenoxy) is 1. The van der Waals surface area contributed by atoms with E-state index in [-0.39, 0.29) is 5.60 Å². The number of H-pyrrole nitrogens is 1. The molecular weight excluding hydrogens is 214 g/mol. The zero-order valence-electron chi connectivity index (χ0n) is 10.5. The van der Waals surface area contributed by atoms with Gasteiger partial charge in [0.2, 0.25) is 0 Å². The number of hydrogen-bond acceptors (Lipinski definition) is 3. The monoisotopic (exact) mass is 235 g/mol. The lowest BCUT2D eigenvalue weighted by Crippen LogP contribution is -2.31. The predicted octanol–water partition coefficient (Wildman–Crippen LogP) is 2.08. The van der Waals surface area contributed by atoms with Crippen LogP contribution in [-0.4, -0.2) is 22.6 Å². The molecule has 2 aliphatic rings. The average Bonchev–Trinajstić information content (AvgIpc) is 3.04. The van der Waals surface area contributed by atoms with Crippen molar-refractivity contribution in [1.82, 2.24) is 15.3 Å². The van der Waals surface area contributed by atoms with Gasteiger partial charge >= 0.3 is 0 Å². The second kappa shape index (κ2) is 4.42. The molecule has 94 valence electrons. The van der Waals surface area contributed by atoms with Gasteiger partial charge in [0.15, 0.2) is 0 Å². The Morgan fingerprint density at radius 1 is 1.53 bits per heavy atom. The second-order valence-electron chi connectivity index (χ2n) is 5.45. The summed E-state index contributed by atoms with van der Waals surface area (Å²) in [5.41, 5.74) is 0.970. The van der Waals surface area contributed by atoms with Crippen LogP contribution < -0.4 is 5.32 Å². The number of imidazole rings is 1. The van der Waals surface area contributed by atoms with E-state index in [1.807, 2.05) is 6.20 Å². The van der Waals surface area contributed by atoms with Crippen LogP contribution in [0.2, 0.25) is 0 Å². The first-order valence-electron chi connectivity index (χ1n) is 6.68. The minimum atomic E-state index is -0.198. The molecule has 1 saturated heterocycles. The summed E-state index contributed by atoms with van der Waals surface area (Å²) in [5.74, 6) is 0.991. The van der Waals surface area contributed by atoms with Crippen LogP contribution >= 0.6 is 0 Å². The molecule has 17 heavy (non-hydrogen) atoms. The van der Waals surface area contributed by atoms with Gasteiger partial charge in [0.05, 0.1) is 0 Å². The van der Waals surface area contributed by atoms with Crippen LogP contribution in [0.4, 0.5) is 0 Å². The lowest BCUT2D eigenvalue weighted by Gasteiger charge is -2.31. The van der Waals surface area contributed by atoms with E-state index < -0.39 is 0 Å². The van der Waals surface area contributed by atoms with E-state index in [0.29, 0.717) is 0 Å². The van der Waals surface area contributed by atoms with Gasteiger partial charge in [0.1, 0.15) is 11.4 Å². The van der Waals surface area contributed by atoms with Gasteiger partial charge in [0, 0.05) is 31.1 Å². The topological polar surface area (TPSA) is 49.9 Å². The summed E-state index contributed by atoms with van der Waals surface area (Å²) in [7, 11) is 0. The fraction of sp³-hybridized carbons (Fsp3) is 0.769. The zero-order chi connectivity index (χ0) is 11.7. The Morgan fingerprint density at radius 2 is 2.41 bits per heavy atom. The first-order chi connectivity index (χ1) is 8.26. The average molecular weight is 235 g/mol. The Bertz CT molecular complexity index is 378. The smallest absolute Gasteiger partial charge is 0.138 e. The van der Waals surface area contributed by atoms with Gasteiger partial charge in [-0.05, 0) is 39.0 Å². The van der Waals surface area contributed by atoms with Crippen molar-refractivity contribution in [2.24, 2.45) is 0 Å². The summed E-state index contributed by atoms with van der Waals surface area (Å²) in [5, 5.41) is 3.49. The second-order valence-corrected chi connectivity index (χ2v) is 5.45. The zero-order valence-corrected chi connectivity index (χ0v) is 10.5. The van der Waals surface area contributed by atoms with Crippen LogP contribution in [0.25, 0.3) is 0 Å². The Balaban J connectivity index is 1.65. The van der Waals surface area contributed by atoms with Crippen LogP contribution in [0.3, 0.4) is 0 Å². The van der Waals surface area contributed by atoms with E-state index in [2.05, 4.69) is 22.2 Å². The molecule has 0 spiro atoms. The van der Waals surface area contributed by atoms with Gasteiger partial charge in [0.25, 0.3) is 0 Å². The molecule has 1 aromatic heterocycles. The summed E-state index contributed by atoms with van der Waals surface area (Å²) in [6, 6.07) is 0.739. The molecule has 2 heterocycles. The third-order valence-electron chi connectivity index (χ3n) is 3.76. The van der Waals surface area contributed by atoms with Crippen LogP contribution in [0, 0.1) is 0 Å². The SMILES string of the molecule is CC1(c2ncc(CNC3CC3)[nH]2)CCCCO1. The van der Waals surface area contributed by atoms with Crippen molar-refractivity contribution in [2.45, 2.75) is 57.2 Å². The summed E-state index contributed by atoms with van der Waals surface area (Å²) in [6.45, 7) is 3.89. The van der Waals surface area contributed by atoms with E-state index in [4.69, 9.17) is 4.74 Å². The highest BCUT2D eigenvalue weighted by atomic mass is 16.5. The van der Waals surface area contributed by atoms with Gasteiger partial charge in [-0.1, -0.05) is 0 Å². The molecule has 1 aliphatic carbocycles. The van der Waals surface area contributed by atoms with Crippen molar-refractivity contribution in [3.05, 3.63) is 17.7 Å². The molecule has 0 radical (unpaired) electrons. The van der Waals surface area contributed by atoms with Crippen molar-refractivity contribution in [2.75, 3.05) is 6.61 Å². The molecule has 1 saturated carbocycles. The number of hydrogen-bond donors (Lipinski definition) is 2. The molecule has 3 rings (SSSR count). The van der Waals surface area contributed by atoms with Crippen molar-refractivity contribution in [3.63, 3.8) is 0 Å². The third-order valence-corrected chi connectivity index (χ3v) is 3.76. The lowest BCUT2D eigenvalue weighted by atomic mass is 9.95. The number of nitrogens with one attached hydrogen (secondary N) is 2. The summed E-state index contributed by atoms with van der Waals surface area (Å²) >= 11 is 0. The van der Waals surface area contributed by atoms with Crippen LogP contribution in [0.1, 0.15) is 50.5 Å². The maximum Gasteiger partial charge on any atom is 0.138 e. The fourth-order valence-electron chi connectivity index (χ4n) is 2.38. The Labute approximate surface area is 102 Å². The molecule has 1 atom stereocenters. The van der Waals surface area contributed by atoms with Gasteiger partial charge < -0.3 is 15.0 Å². The van der Waals surface area contributed by atoms with Crippen LogP contribution in [-0.2, 0) is 16.9 Å². The van der Waals surface area contributed by atoms with E-state index in [1.165, 1.54) is 31.4 Å². The number of aromatic nitrogens is 2. The quantitative estimate of drug-likeness (QED) is 0.840. The first-order valence-corrected chi connectivity index (χ1v) is 6.68. The molecule has 0 aromatic carbocycles. The number of rotatable bonds is 4. The maximum atomic E-state index is 5.89. The molecule has 4 heteroatoms. The molecule has 1 unspecified atom stereocenters. The molecule has 1 aromatic rings. The Kier molecular flexibility index (Phi) is 2.92. The van der Waals surface area contributed by atoms with Crippen LogP contribution in [0.15, 0.2) is 6.20 Å². The summed E-state index contributed by atoms with van der Waals surface area (Å²) in [4.78, 5) is 7.90. The molecule has 2 fully saturated rings.